The van der Waals surface area contributed by atoms with E-state index in [4.69, 9.17) is 0 Å². The number of nitrogens with zero attached hydrogens (tertiary/aromatic N) is 3. The fourth-order valence-electron chi connectivity index (χ4n) is 2.37. The fourth-order valence-corrected chi connectivity index (χ4v) is 2.37. The van der Waals surface area contributed by atoms with Crippen LogP contribution in [0.5, 0.6) is 0 Å². The normalized spacial score (nSPS) is 11.7. The Morgan fingerprint density at radius 1 is 1.26 bits per heavy atom. The minimum Gasteiger partial charge on any atom is -0.382 e. The summed E-state index contributed by atoms with van der Waals surface area (Å²) < 4.78 is 0. The van der Waals surface area contributed by atoms with E-state index in [0.717, 1.165) is 5.56 Å². The van der Waals surface area contributed by atoms with Gasteiger partial charge in [-0.15, -0.1) is 0 Å². The standard InChI is InChI=1S/C17H18N4O2/c1-20(2)17(13-6-4-3-5-7-13)12-19-16-9-8-15(21(22)23)10-14(16)11-18/h3-10,17,19H,12H2,1-2H3/t17-/m1/s1. The Bertz CT molecular complexity index is 723. The van der Waals surface area contributed by atoms with Crippen LogP contribution >= 0.6 is 0 Å². The van der Waals surface area contributed by atoms with Crippen molar-refractivity contribution in [3.8, 4) is 6.07 Å². The Morgan fingerprint density at radius 2 is 1.96 bits per heavy atom. The van der Waals surface area contributed by atoms with Crippen LogP contribution in [0.15, 0.2) is 48.5 Å². The molecule has 0 aliphatic rings. The average Bonchev–Trinajstić information content (AvgIpc) is 2.55. The lowest BCUT2D eigenvalue weighted by Crippen LogP contribution is -2.27. The Kier molecular flexibility index (Phi) is 5.28. The molecule has 6 nitrogen and oxygen atoms in total. The number of anilines is 1. The second-order valence-electron chi connectivity index (χ2n) is 5.37. The maximum atomic E-state index is 10.8. The van der Waals surface area contributed by atoms with Crippen molar-refractivity contribution in [3.05, 3.63) is 69.8 Å². The smallest absolute Gasteiger partial charge is 0.270 e. The van der Waals surface area contributed by atoms with Crippen LogP contribution < -0.4 is 5.32 Å². The van der Waals surface area contributed by atoms with Gasteiger partial charge in [-0.05, 0) is 25.7 Å². The van der Waals surface area contributed by atoms with Crippen LogP contribution in [-0.4, -0.2) is 30.5 Å². The van der Waals surface area contributed by atoms with Crippen molar-refractivity contribution in [2.45, 2.75) is 6.04 Å². The number of non-ortho nitro benzene ring substituents is 1. The number of rotatable bonds is 6. The van der Waals surface area contributed by atoms with E-state index < -0.39 is 4.92 Å². The third-order valence-corrected chi connectivity index (χ3v) is 3.63. The van der Waals surface area contributed by atoms with Gasteiger partial charge in [0.1, 0.15) is 6.07 Å². The molecule has 2 aromatic rings. The van der Waals surface area contributed by atoms with Crippen LogP contribution in [0.1, 0.15) is 17.2 Å². The summed E-state index contributed by atoms with van der Waals surface area (Å²) >= 11 is 0. The van der Waals surface area contributed by atoms with Crippen molar-refractivity contribution in [2.24, 2.45) is 0 Å². The van der Waals surface area contributed by atoms with Crippen molar-refractivity contribution in [3.63, 3.8) is 0 Å². The Labute approximate surface area is 135 Å². The van der Waals surface area contributed by atoms with E-state index in [0.29, 0.717) is 12.2 Å². The summed E-state index contributed by atoms with van der Waals surface area (Å²) in [5, 5.41) is 23.2. The molecule has 2 rings (SSSR count). The number of nitro groups is 1. The molecule has 0 saturated heterocycles. The summed E-state index contributed by atoms with van der Waals surface area (Å²) in [7, 11) is 3.97. The molecule has 0 aliphatic carbocycles. The molecule has 1 N–H and O–H groups in total. The molecule has 0 aliphatic heterocycles. The number of hydrogen-bond acceptors (Lipinski definition) is 5. The molecule has 1 atom stereocenters. The molecule has 0 unspecified atom stereocenters. The summed E-state index contributed by atoms with van der Waals surface area (Å²) in [6.07, 6.45) is 0. The number of hydrogen-bond donors (Lipinski definition) is 1. The van der Waals surface area contributed by atoms with Crippen LogP contribution in [0.2, 0.25) is 0 Å². The van der Waals surface area contributed by atoms with E-state index >= 15 is 0 Å². The van der Waals surface area contributed by atoms with Crippen molar-refractivity contribution in [2.75, 3.05) is 26.0 Å². The fraction of sp³-hybridized carbons (Fsp3) is 0.235. The molecule has 118 valence electrons. The van der Waals surface area contributed by atoms with Gasteiger partial charge < -0.3 is 10.2 Å². The lowest BCUT2D eigenvalue weighted by molar-refractivity contribution is -0.384. The molecular formula is C17H18N4O2. The van der Waals surface area contributed by atoms with Crippen LogP contribution in [-0.2, 0) is 0 Å². The molecule has 0 spiro atoms. The first-order valence-corrected chi connectivity index (χ1v) is 7.16. The maximum Gasteiger partial charge on any atom is 0.270 e. The Hall–Kier alpha value is -2.91. The Morgan fingerprint density at radius 3 is 2.52 bits per heavy atom. The Balaban J connectivity index is 2.19. The van der Waals surface area contributed by atoms with Crippen LogP contribution in [0, 0.1) is 21.4 Å². The highest BCUT2D eigenvalue weighted by atomic mass is 16.6. The van der Waals surface area contributed by atoms with Gasteiger partial charge in [-0.25, -0.2) is 0 Å². The van der Waals surface area contributed by atoms with Crippen LogP contribution in [0.4, 0.5) is 11.4 Å². The molecule has 0 bridgehead atoms. The second kappa shape index (κ2) is 7.38. The van der Waals surface area contributed by atoms with Gasteiger partial charge in [-0.2, -0.15) is 5.26 Å². The van der Waals surface area contributed by atoms with E-state index in [1.54, 1.807) is 6.07 Å². The number of nitriles is 1. The van der Waals surface area contributed by atoms with Crippen LogP contribution in [0.3, 0.4) is 0 Å². The summed E-state index contributed by atoms with van der Waals surface area (Å²) in [5.41, 5.74) is 1.94. The average molecular weight is 310 g/mol. The van der Waals surface area contributed by atoms with Gasteiger partial charge in [0.25, 0.3) is 5.69 Å². The topological polar surface area (TPSA) is 82.2 Å². The number of benzene rings is 2. The van der Waals surface area contributed by atoms with Gasteiger partial charge >= 0.3 is 0 Å². The highest BCUT2D eigenvalue weighted by molar-refractivity contribution is 5.61. The predicted octanol–water partition coefficient (Wildman–Crippen LogP) is 3.18. The van der Waals surface area contributed by atoms with Gasteiger partial charge in [0.05, 0.1) is 22.2 Å². The van der Waals surface area contributed by atoms with E-state index in [1.807, 2.05) is 50.5 Å². The molecule has 0 fully saturated rings. The van der Waals surface area contributed by atoms with Crippen molar-refractivity contribution < 1.29 is 4.92 Å². The molecule has 6 heteroatoms. The quantitative estimate of drug-likeness (QED) is 0.654. The number of nitro benzene ring substituents is 1. The number of likely N-dealkylation sites (N-methyl/N-ethyl adjacent to an activating group) is 1. The molecule has 23 heavy (non-hydrogen) atoms. The third-order valence-electron chi connectivity index (χ3n) is 3.63. The zero-order valence-electron chi connectivity index (χ0n) is 13.1. The van der Waals surface area contributed by atoms with Crippen molar-refractivity contribution >= 4 is 11.4 Å². The van der Waals surface area contributed by atoms with Crippen molar-refractivity contribution in [1.82, 2.24) is 4.90 Å². The lowest BCUT2D eigenvalue weighted by atomic mass is 10.1. The highest BCUT2D eigenvalue weighted by Gasteiger charge is 2.15. The van der Waals surface area contributed by atoms with E-state index in [2.05, 4.69) is 10.2 Å². The molecule has 0 saturated carbocycles. The minimum atomic E-state index is -0.503. The lowest BCUT2D eigenvalue weighted by Gasteiger charge is -2.25. The van der Waals surface area contributed by atoms with Gasteiger partial charge in [0.15, 0.2) is 0 Å². The zero-order valence-corrected chi connectivity index (χ0v) is 13.1. The summed E-state index contributed by atoms with van der Waals surface area (Å²) in [6.45, 7) is 0.587. The third kappa shape index (κ3) is 4.05. The molecule has 0 amide bonds. The van der Waals surface area contributed by atoms with Crippen molar-refractivity contribution in [1.29, 1.82) is 5.26 Å². The molecule has 0 radical (unpaired) electrons. The van der Waals surface area contributed by atoms with Gasteiger partial charge in [0, 0.05) is 18.7 Å². The first-order valence-electron chi connectivity index (χ1n) is 7.16. The van der Waals surface area contributed by atoms with E-state index in [-0.39, 0.29) is 17.3 Å². The first-order chi connectivity index (χ1) is 11.0. The monoisotopic (exact) mass is 310 g/mol. The highest BCUT2D eigenvalue weighted by Crippen LogP contribution is 2.24. The molecule has 2 aromatic carbocycles. The molecule has 0 heterocycles. The van der Waals surface area contributed by atoms with Crippen LogP contribution in [0.25, 0.3) is 0 Å². The molecular weight excluding hydrogens is 292 g/mol. The SMILES string of the molecule is CN(C)[C@H](CNc1ccc([N+](=O)[O-])cc1C#N)c1ccccc1. The predicted molar refractivity (Wildman–Crippen MR) is 89.2 cm³/mol. The summed E-state index contributed by atoms with van der Waals surface area (Å²) in [6, 6.07) is 16.4. The zero-order chi connectivity index (χ0) is 16.8. The second-order valence-corrected chi connectivity index (χ2v) is 5.37. The van der Waals surface area contributed by atoms with Gasteiger partial charge in [0.2, 0.25) is 0 Å². The molecule has 0 aromatic heterocycles. The largest absolute Gasteiger partial charge is 0.382 e. The maximum absolute atomic E-state index is 10.8. The summed E-state index contributed by atoms with van der Waals surface area (Å²) in [5.74, 6) is 0. The first kappa shape index (κ1) is 16.5. The number of nitrogens with one attached hydrogen (secondary N) is 1. The minimum absolute atomic E-state index is 0.0840. The van der Waals surface area contributed by atoms with E-state index in [9.17, 15) is 15.4 Å². The van der Waals surface area contributed by atoms with E-state index in [1.165, 1.54) is 12.1 Å². The summed E-state index contributed by atoms with van der Waals surface area (Å²) in [4.78, 5) is 12.4. The van der Waals surface area contributed by atoms with Gasteiger partial charge in [-0.3, -0.25) is 10.1 Å². The van der Waals surface area contributed by atoms with Gasteiger partial charge in [-0.1, -0.05) is 30.3 Å².